The van der Waals surface area contributed by atoms with E-state index in [1.807, 2.05) is 59.3 Å². The van der Waals surface area contributed by atoms with E-state index in [4.69, 9.17) is 26.3 Å². The number of thiazole rings is 2. The fourth-order valence-electron chi connectivity index (χ4n) is 3.65. The number of carboxylic acids is 1. The number of rotatable bonds is 7. The fourth-order valence-corrected chi connectivity index (χ4v) is 6.96. The van der Waals surface area contributed by atoms with Crippen LogP contribution < -0.4 is 9.64 Å². The molecule has 2 unspecified atom stereocenters. The second kappa shape index (κ2) is 9.98. The first-order valence-corrected chi connectivity index (χ1v) is 13.5. The van der Waals surface area contributed by atoms with Crippen LogP contribution in [0.15, 0.2) is 59.3 Å². The van der Waals surface area contributed by atoms with Crippen molar-refractivity contribution >= 4 is 63.0 Å². The van der Waals surface area contributed by atoms with Crippen molar-refractivity contribution in [3.8, 4) is 27.7 Å². The van der Waals surface area contributed by atoms with E-state index in [0.717, 1.165) is 21.8 Å². The molecule has 2 atom stereocenters. The van der Waals surface area contributed by atoms with Crippen LogP contribution in [0.2, 0.25) is 5.02 Å². The molecule has 1 fully saturated rings. The molecule has 3 heterocycles. The van der Waals surface area contributed by atoms with Gasteiger partial charge in [0.05, 0.1) is 24.5 Å². The predicted molar refractivity (Wildman–Crippen MR) is 141 cm³/mol. The number of amides is 1. The molecule has 4 aromatic rings. The summed E-state index contributed by atoms with van der Waals surface area (Å²) in [5, 5.41) is 14.0. The summed E-state index contributed by atoms with van der Waals surface area (Å²) >= 11 is 10.1. The van der Waals surface area contributed by atoms with E-state index in [-0.39, 0.29) is 12.3 Å². The molecule has 1 saturated heterocycles. The number of halogens is 1. The van der Waals surface area contributed by atoms with Gasteiger partial charge < -0.3 is 9.84 Å². The first-order valence-electron chi connectivity index (χ1n) is 10.4. The zero-order chi connectivity index (χ0) is 24.5. The number of anilines is 1. The number of aromatic nitrogens is 2. The van der Waals surface area contributed by atoms with Crippen LogP contribution in [0, 0.1) is 0 Å². The Labute approximate surface area is 218 Å². The standard InChI is InChI=1S/C24H18ClN3O4S3/c1-32-16-8-4-14(5-9-16)23-28(22(31)19(35-23)10-20(29)30)24-27-18(12-34-24)21-26-17(11-33-21)13-2-6-15(25)7-3-13/h2-9,11-12,19,23H,10H2,1H3,(H,29,30). The van der Waals surface area contributed by atoms with Crippen LogP contribution in [0.5, 0.6) is 5.75 Å². The molecule has 1 aliphatic heterocycles. The summed E-state index contributed by atoms with van der Waals surface area (Å²) < 4.78 is 5.24. The highest BCUT2D eigenvalue weighted by molar-refractivity contribution is 8.01. The smallest absolute Gasteiger partial charge is 0.305 e. The van der Waals surface area contributed by atoms with Crippen molar-refractivity contribution in [3.05, 3.63) is 69.9 Å². The fraction of sp³-hybridized carbons (Fsp3) is 0.167. The Balaban J connectivity index is 1.45. The summed E-state index contributed by atoms with van der Waals surface area (Å²) in [5.74, 6) is -0.572. The zero-order valence-electron chi connectivity index (χ0n) is 18.3. The molecule has 178 valence electrons. The maximum atomic E-state index is 13.3. The summed E-state index contributed by atoms with van der Waals surface area (Å²) in [5.41, 5.74) is 3.31. The molecular weight excluding hydrogens is 526 g/mol. The third-order valence-corrected chi connectivity index (χ3v) is 8.76. The highest BCUT2D eigenvalue weighted by Crippen LogP contribution is 2.48. The van der Waals surface area contributed by atoms with Crippen molar-refractivity contribution in [1.82, 2.24) is 9.97 Å². The lowest BCUT2D eigenvalue weighted by Gasteiger charge is -2.21. The molecule has 11 heteroatoms. The molecule has 1 N–H and O–H groups in total. The molecule has 7 nitrogen and oxygen atoms in total. The lowest BCUT2D eigenvalue weighted by Crippen LogP contribution is -2.31. The first-order chi connectivity index (χ1) is 16.9. The van der Waals surface area contributed by atoms with Gasteiger partial charge >= 0.3 is 5.97 Å². The van der Waals surface area contributed by atoms with Gasteiger partial charge in [-0.15, -0.1) is 34.4 Å². The minimum absolute atomic E-state index is 0.248. The number of carbonyl (C=O) groups is 2. The van der Waals surface area contributed by atoms with E-state index in [2.05, 4.69) is 0 Å². The Morgan fingerprint density at radius 2 is 1.77 bits per heavy atom. The third kappa shape index (κ3) is 4.92. The van der Waals surface area contributed by atoms with Gasteiger partial charge in [-0.25, -0.2) is 9.97 Å². The van der Waals surface area contributed by atoms with Gasteiger partial charge in [0.1, 0.15) is 21.8 Å². The number of nitrogens with zero attached hydrogens (tertiary/aromatic N) is 3. The first kappa shape index (κ1) is 23.8. The number of benzene rings is 2. The van der Waals surface area contributed by atoms with Crippen LogP contribution in [-0.2, 0) is 9.59 Å². The molecule has 0 bridgehead atoms. The van der Waals surface area contributed by atoms with Gasteiger partial charge in [0.25, 0.3) is 0 Å². The Kier molecular flexibility index (Phi) is 6.79. The quantitative estimate of drug-likeness (QED) is 0.296. The SMILES string of the molecule is COc1ccc(C2SC(CC(=O)O)C(=O)N2c2nc(-c3nc(-c4ccc(Cl)cc4)cs3)cs2)cc1. The highest BCUT2D eigenvalue weighted by atomic mass is 35.5. The number of carboxylic acid groups (broad SMARTS) is 1. The third-order valence-electron chi connectivity index (χ3n) is 5.36. The molecule has 2 aromatic heterocycles. The molecular formula is C24H18ClN3O4S3. The van der Waals surface area contributed by atoms with Crippen molar-refractivity contribution < 1.29 is 19.4 Å². The number of ether oxygens (including phenoxy) is 1. The Morgan fingerprint density at radius 3 is 2.46 bits per heavy atom. The summed E-state index contributed by atoms with van der Waals surface area (Å²) in [7, 11) is 1.59. The van der Waals surface area contributed by atoms with Crippen LogP contribution in [0.25, 0.3) is 22.0 Å². The van der Waals surface area contributed by atoms with Crippen LogP contribution in [0.1, 0.15) is 17.4 Å². The minimum atomic E-state index is -1.01. The predicted octanol–water partition coefficient (Wildman–Crippen LogP) is 6.22. The van der Waals surface area contributed by atoms with Gasteiger partial charge in [0, 0.05) is 21.3 Å². The molecule has 1 aliphatic rings. The van der Waals surface area contributed by atoms with Crippen LogP contribution in [0.3, 0.4) is 0 Å². The van der Waals surface area contributed by atoms with Gasteiger partial charge in [-0.3, -0.25) is 14.5 Å². The molecule has 0 radical (unpaired) electrons. The van der Waals surface area contributed by atoms with E-state index in [0.29, 0.717) is 21.6 Å². The monoisotopic (exact) mass is 543 g/mol. The van der Waals surface area contributed by atoms with Crippen LogP contribution >= 0.6 is 46.0 Å². The normalized spacial score (nSPS) is 17.7. The average Bonchev–Trinajstić information content (AvgIpc) is 3.59. The Bertz CT molecular complexity index is 1370. The highest BCUT2D eigenvalue weighted by Gasteiger charge is 2.44. The van der Waals surface area contributed by atoms with E-state index >= 15 is 0 Å². The van der Waals surface area contributed by atoms with Gasteiger partial charge in [-0.05, 0) is 29.8 Å². The molecule has 2 aromatic carbocycles. The van der Waals surface area contributed by atoms with Crippen LogP contribution in [-0.4, -0.2) is 39.3 Å². The van der Waals surface area contributed by atoms with Crippen molar-refractivity contribution in [1.29, 1.82) is 0 Å². The van der Waals surface area contributed by atoms with Crippen LogP contribution in [0.4, 0.5) is 5.13 Å². The van der Waals surface area contributed by atoms with Crippen molar-refractivity contribution in [2.75, 3.05) is 12.0 Å². The minimum Gasteiger partial charge on any atom is -0.497 e. The van der Waals surface area contributed by atoms with Crippen molar-refractivity contribution in [2.24, 2.45) is 0 Å². The van der Waals surface area contributed by atoms with Crippen molar-refractivity contribution in [2.45, 2.75) is 17.0 Å². The average molecular weight is 544 g/mol. The number of methoxy groups -OCH3 is 1. The maximum Gasteiger partial charge on any atom is 0.305 e. The van der Waals surface area contributed by atoms with Gasteiger partial charge in [-0.1, -0.05) is 35.9 Å². The summed E-state index contributed by atoms with van der Waals surface area (Å²) in [4.78, 5) is 35.7. The summed E-state index contributed by atoms with van der Waals surface area (Å²) in [6, 6.07) is 14.9. The molecule has 5 rings (SSSR count). The second-order valence-electron chi connectivity index (χ2n) is 7.62. The number of aliphatic carboxylic acids is 1. The summed E-state index contributed by atoms with van der Waals surface area (Å²) in [6.45, 7) is 0. The van der Waals surface area contributed by atoms with Gasteiger partial charge in [0.15, 0.2) is 5.13 Å². The molecule has 0 saturated carbocycles. The Hall–Kier alpha value is -2.92. The zero-order valence-corrected chi connectivity index (χ0v) is 21.5. The number of hydrogen-bond donors (Lipinski definition) is 1. The molecule has 0 aliphatic carbocycles. The Morgan fingerprint density at radius 1 is 1.06 bits per heavy atom. The maximum absolute atomic E-state index is 13.3. The topological polar surface area (TPSA) is 92.6 Å². The largest absolute Gasteiger partial charge is 0.497 e. The van der Waals surface area contributed by atoms with Gasteiger partial charge in [-0.2, -0.15) is 0 Å². The number of carbonyl (C=O) groups excluding carboxylic acids is 1. The second-order valence-corrected chi connectivity index (χ2v) is 11.0. The van der Waals surface area contributed by atoms with E-state index < -0.39 is 16.6 Å². The lowest BCUT2D eigenvalue weighted by atomic mass is 10.2. The van der Waals surface area contributed by atoms with E-state index in [1.165, 1.54) is 34.4 Å². The van der Waals surface area contributed by atoms with Crippen molar-refractivity contribution in [3.63, 3.8) is 0 Å². The molecule has 1 amide bonds. The van der Waals surface area contributed by atoms with E-state index in [9.17, 15) is 14.7 Å². The molecule has 35 heavy (non-hydrogen) atoms. The number of hydrogen-bond acceptors (Lipinski definition) is 8. The number of thioether (sulfide) groups is 1. The van der Waals surface area contributed by atoms with E-state index in [1.54, 1.807) is 12.0 Å². The van der Waals surface area contributed by atoms with Gasteiger partial charge in [0.2, 0.25) is 5.91 Å². The molecule has 0 spiro atoms. The lowest BCUT2D eigenvalue weighted by molar-refractivity contribution is -0.138. The summed E-state index contributed by atoms with van der Waals surface area (Å²) in [6.07, 6.45) is -0.248.